The van der Waals surface area contributed by atoms with Gasteiger partial charge in [0.05, 0.1) is 6.54 Å². The Labute approximate surface area is 160 Å². The Kier molecular flexibility index (Phi) is 6.02. The molecule has 3 rings (SSSR count). The predicted molar refractivity (Wildman–Crippen MR) is 100 cm³/mol. The summed E-state index contributed by atoms with van der Waals surface area (Å²) in [5, 5.41) is 3.75. The molecule has 1 fully saturated rings. The van der Waals surface area contributed by atoms with Crippen molar-refractivity contribution in [3.63, 3.8) is 0 Å². The van der Waals surface area contributed by atoms with Crippen LogP contribution in [-0.2, 0) is 14.8 Å². The van der Waals surface area contributed by atoms with Crippen molar-refractivity contribution in [2.24, 2.45) is 0 Å². The van der Waals surface area contributed by atoms with E-state index in [4.69, 9.17) is 4.52 Å². The standard InChI is InChI=1S/C18H28N4O4S/c1-4-22(16-7-5-6-8-16)17(23)13-20-9-11-21(12-10-20)27(24,25)18-14(2)19-26-15(18)3/h7H,4-6,8-13H2,1-3H3. The van der Waals surface area contributed by atoms with Crippen molar-refractivity contribution in [2.75, 3.05) is 39.3 Å². The van der Waals surface area contributed by atoms with Crippen molar-refractivity contribution >= 4 is 15.9 Å². The molecule has 0 saturated carbocycles. The Morgan fingerprint density at radius 2 is 1.96 bits per heavy atom. The molecular weight excluding hydrogens is 368 g/mol. The van der Waals surface area contributed by atoms with Gasteiger partial charge in [-0.2, -0.15) is 4.31 Å². The number of nitrogens with zero attached hydrogens (tertiary/aromatic N) is 4. The van der Waals surface area contributed by atoms with Crippen LogP contribution in [0.1, 0.15) is 37.6 Å². The lowest BCUT2D eigenvalue weighted by Crippen LogP contribution is -2.51. The highest BCUT2D eigenvalue weighted by Gasteiger charge is 2.34. The molecule has 0 radical (unpaired) electrons. The second-order valence-corrected chi connectivity index (χ2v) is 8.93. The van der Waals surface area contributed by atoms with Crippen molar-refractivity contribution in [2.45, 2.75) is 44.9 Å². The number of aromatic nitrogens is 1. The molecule has 27 heavy (non-hydrogen) atoms. The van der Waals surface area contributed by atoms with Gasteiger partial charge in [0, 0.05) is 38.4 Å². The van der Waals surface area contributed by atoms with Gasteiger partial charge in [-0.15, -0.1) is 0 Å². The van der Waals surface area contributed by atoms with Crippen LogP contribution in [-0.4, -0.2) is 72.9 Å². The summed E-state index contributed by atoms with van der Waals surface area (Å²) in [6.07, 6.45) is 5.26. The van der Waals surface area contributed by atoms with E-state index in [1.54, 1.807) is 13.8 Å². The van der Waals surface area contributed by atoms with Gasteiger partial charge in [-0.25, -0.2) is 8.42 Å². The third kappa shape index (κ3) is 4.09. The molecule has 8 nitrogen and oxygen atoms in total. The number of sulfonamides is 1. The molecule has 0 aromatic carbocycles. The van der Waals surface area contributed by atoms with Crippen LogP contribution >= 0.6 is 0 Å². The van der Waals surface area contributed by atoms with Crippen LogP contribution < -0.4 is 0 Å². The van der Waals surface area contributed by atoms with E-state index in [9.17, 15) is 13.2 Å². The van der Waals surface area contributed by atoms with Gasteiger partial charge in [0.15, 0.2) is 5.76 Å². The maximum absolute atomic E-state index is 12.9. The Morgan fingerprint density at radius 3 is 2.48 bits per heavy atom. The fourth-order valence-corrected chi connectivity index (χ4v) is 5.53. The van der Waals surface area contributed by atoms with Crippen molar-refractivity contribution in [1.29, 1.82) is 0 Å². The quantitative estimate of drug-likeness (QED) is 0.724. The minimum atomic E-state index is -3.62. The summed E-state index contributed by atoms with van der Waals surface area (Å²) in [5.41, 5.74) is 1.51. The fourth-order valence-electron chi connectivity index (χ4n) is 3.82. The topological polar surface area (TPSA) is 87.0 Å². The van der Waals surface area contributed by atoms with Crippen molar-refractivity contribution in [1.82, 2.24) is 19.3 Å². The molecule has 0 atom stereocenters. The third-order valence-corrected chi connectivity index (χ3v) is 7.38. The monoisotopic (exact) mass is 396 g/mol. The number of carbonyl (C=O) groups excluding carboxylic acids is 1. The van der Waals surface area contributed by atoms with Gasteiger partial charge in [-0.05, 0) is 40.0 Å². The van der Waals surface area contributed by atoms with E-state index in [-0.39, 0.29) is 10.8 Å². The number of piperazine rings is 1. The Balaban J connectivity index is 1.59. The molecule has 1 saturated heterocycles. The lowest BCUT2D eigenvalue weighted by molar-refractivity contribution is -0.130. The maximum Gasteiger partial charge on any atom is 0.248 e. The van der Waals surface area contributed by atoms with Crippen LogP contribution in [0.5, 0.6) is 0 Å². The van der Waals surface area contributed by atoms with Gasteiger partial charge in [0.25, 0.3) is 0 Å². The number of hydrogen-bond acceptors (Lipinski definition) is 6. The SMILES string of the molecule is CCN(C(=O)CN1CCN(S(=O)(=O)c2c(C)noc2C)CC1)C1=CCCC1. The van der Waals surface area contributed by atoms with Crippen LogP contribution in [0.15, 0.2) is 21.2 Å². The largest absolute Gasteiger partial charge is 0.360 e. The normalized spacial score (nSPS) is 19.3. The van der Waals surface area contributed by atoms with Crippen LogP contribution in [0.3, 0.4) is 0 Å². The summed E-state index contributed by atoms with van der Waals surface area (Å²) < 4.78 is 32.2. The molecule has 2 aliphatic rings. The van der Waals surface area contributed by atoms with E-state index < -0.39 is 10.0 Å². The van der Waals surface area contributed by atoms with Crippen LogP contribution in [0.4, 0.5) is 0 Å². The van der Waals surface area contributed by atoms with E-state index in [0.29, 0.717) is 50.7 Å². The first-order valence-electron chi connectivity index (χ1n) is 9.49. The van der Waals surface area contributed by atoms with Crippen LogP contribution in [0.2, 0.25) is 0 Å². The second kappa shape index (κ2) is 8.12. The molecule has 0 spiro atoms. The molecule has 1 aromatic heterocycles. The first-order valence-corrected chi connectivity index (χ1v) is 10.9. The molecule has 2 heterocycles. The lowest BCUT2D eigenvalue weighted by atomic mass is 10.3. The minimum Gasteiger partial charge on any atom is -0.360 e. The zero-order chi connectivity index (χ0) is 19.6. The van der Waals surface area contributed by atoms with Gasteiger partial charge in [0.1, 0.15) is 10.6 Å². The number of allylic oxidation sites excluding steroid dienone is 2. The zero-order valence-corrected chi connectivity index (χ0v) is 17.1. The van der Waals surface area contributed by atoms with E-state index in [1.807, 2.05) is 16.7 Å². The lowest BCUT2D eigenvalue weighted by Gasteiger charge is -2.34. The number of rotatable bonds is 6. The molecule has 0 unspecified atom stereocenters. The van der Waals surface area contributed by atoms with E-state index in [1.165, 1.54) is 4.31 Å². The molecule has 1 amide bonds. The molecule has 0 N–H and O–H groups in total. The zero-order valence-electron chi connectivity index (χ0n) is 16.3. The molecule has 1 aliphatic carbocycles. The second-order valence-electron chi connectivity index (χ2n) is 7.06. The molecular formula is C18H28N4O4S. The van der Waals surface area contributed by atoms with Crippen molar-refractivity contribution in [3.8, 4) is 0 Å². The highest BCUT2D eigenvalue weighted by atomic mass is 32.2. The molecule has 150 valence electrons. The number of aryl methyl sites for hydroxylation is 2. The molecule has 9 heteroatoms. The number of carbonyl (C=O) groups is 1. The summed E-state index contributed by atoms with van der Waals surface area (Å²) >= 11 is 0. The minimum absolute atomic E-state index is 0.0904. The van der Waals surface area contributed by atoms with Gasteiger partial charge in [-0.3, -0.25) is 9.69 Å². The van der Waals surface area contributed by atoms with Gasteiger partial charge in [-0.1, -0.05) is 11.2 Å². The number of hydrogen-bond donors (Lipinski definition) is 0. The van der Waals surface area contributed by atoms with E-state index in [2.05, 4.69) is 11.2 Å². The smallest absolute Gasteiger partial charge is 0.248 e. The summed E-state index contributed by atoms with van der Waals surface area (Å²) in [6.45, 7) is 8.01. The van der Waals surface area contributed by atoms with Crippen molar-refractivity contribution in [3.05, 3.63) is 23.2 Å². The summed E-state index contributed by atoms with van der Waals surface area (Å²) in [7, 11) is -3.62. The van der Waals surface area contributed by atoms with Crippen molar-refractivity contribution < 1.29 is 17.7 Å². The van der Waals surface area contributed by atoms with Crippen LogP contribution in [0.25, 0.3) is 0 Å². The fraction of sp³-hybridized carbons (Fsp3) is 0.667. The first kappa shape index (κ1) is 20.0. The molecule has 1 aliphatic heterocycles. The third-order valence-electron chi connectivity index (χ3n) is 5.24. The first-order chi connectivity index (χ1) is 12.8. The Hall–Kier alpha value is -1.71. The Morgan fingerprint density at radius 1 is 1.26 bits per heavy atom. The molecule has 0 bridgehead atoms. The van der Waals surface area contributed by atoms with Gasteiger partial charge in [0.2, 0.25) is 15.9 Å². The summed E-state index contributed by atoms with van der Waals surface area (Å²) in [5.74, 6) is 0.404. The maximum atomic E-state index is 12.9. The predicted octanol–water partition coefficient (Wildman–Crippen LogP) is 1.51. The van der Waals surface area contributed by atoms with Gasteiger partial charge >= 0.3 is 0 Å². The summed E-state index contributed by atoms with van der Waals surface area (Å²) in [4.78, 5) is 16.7. The highest BCUT2D eigenvalue weighted by molar-refractivity contribution is 7.89. The van der Waals surface area contributed by atoms with E-state index >= 15 is 0 Å². The number of amides is 1. The molecule has 1 aromatic rings. The van der Waals surface area contributed by atoms with E-state index in [0.717, 1.165) is 25.0 Å². The summed E-state index contributed by atoms with van der Waals surface area (Å²) in [6, 6.07) is 0. The Bertz CT molecular complexity index is 803. The van der Waals surface area contributed by atoms with Crippen LogP contribution in [0, 0.1) is 13.8 Å². The highest BCUT2D eigenvalue weighted by Crippen LogP contribution is 2.25. The van der Waals surface area contributed by atoms with Gasteiger partial charge < -0.3 is 9.42 Å². The average Bonchev–Trinajstić information content (AvgIpc) is 3.26. The number of likely N-dealkylation sites (N-methyl/N-ethyl adjacent to an activating group) is 1. The average molecular weight is 397 g/mol.